The largest absolute Gasteiger partial charge is 0.370 e. The standard InChI is InChI=1S/C23H20Cl2N4O4/c1-10-6-12-19(14(25)7-10)27-22(33)23(12)18-17(15(28-23)8-16(26)30)20(31)29(21(18)32)9-11-4-2-3-5-13(11)24/h2-7,15,17-18,28H,8-9H2,1H3,(H2,26,30)(H,27,33)/t15-,17+,18-,23-/m0/s1. The molecule has 2 saturated heterocycles. The highest BCUT2D eigenvalue weighted by atomic mass is 35.5. The smallest absolute Gasteiger partial charge is 0.250 e. The summed E-state index contributed by atoms with van der Waals surface area (Å²) in [5, 5.41) is 6.67. The number of hydrogen-bond donors (Lipinski definition) is 3. The van der Waals surface area contributed by atoms with Gasteiger partial charge in [0.15, 0.2) is 0 Å². The number of fused-ring (bicyclic) bond motifs is 4. The zero-order chi connectivity index (χ0) is 23.7. The highest BCUT2D eigenvalue weighted by Gasteiger charge is 2.70. The molecule has 0 radical (unpaired) electrons. The number of hydrogen-bond acceptors (Lipinski definition) is 5. The number of nitrogens with one attached hydrogen (secondary N) is 2. The molecule has 2 aromatic carbocycles. The van der Waals surface area contributed by atoms with Crippen molar-refractivity contribution >= 4 is 52.5 Å². The van der Waals surface area contributed by atoms with Gasteiger partial charge < -0.3 is 11.1 Å². The molecule has 170 valence electrons. The van der Waals surface area contributed by atoms with Crippen molar-refractivity contribution in [3.8, 4) is 0 Å². The summed E-state index contributed by atoms with van der Waals surface area (Å²) < 4.78 is 0. The van der Waals surface area contributed by atoms with Gasteiger partial charge in [-0.15, -0.1) is 0 Å². The lowest BCUT2D eigenvalue weighted by Gasteiger charge is -2.29. The van der Waals surface area contributed by atoms with Gasteiger partial charge in [0.2, 0.25) is 23.6 Å². The first-order valence-corrected chi connectivity index (χ1v) is 11.2. The molecule has 4 amide bonds. The van der Waals surface area contributed by atoms with E-state index in [2.05, 4.69) is 10.6 Å². The summed E-state index contributed by atoms with van der Waals surface area (Å²) in [6, 6.07) is 9.60. The molecule has 0 bridgehead atoms. The lowest BCUT2D eigenvalue weighted by atomic mass is 9.76. The third kappa shape index (κ3) is 3.08. The molecule has 0 saturated carbocycles. The van der Waals surface area contributed by atoms with E-state index in [1.165, 1.54) is 0 Å². The van der Waals surface area contributed by atoms with Crippen molar-refractivity contribution in [3.05, 3.63) is 63.1 Å². The van der Waals surface area contributed by atoms with E-state index in [4.69, 9.17) is 28.9 Å². The zero-order valence-corrected chi connectivity index (χ0v) is 19.0. The van der Waals surface area contributed by atoms with Crippen molar-refractivity contribution in [1.29, 1.82) is 0 Å². The van der Waals surface area contributed by atoms with Crippen LogP contribution in [0.4, 0.5) is 5.69 Å². The minimum Gasteiger partial charge on any atom is -0.370 e. The Bertz CT molecular complexity index is 1250. The van der Waals surface area contributed by atoms with E-state index >= 15 is 0 Å². The minimum absolute atomic E-state index is 0.0350. The van der Waals surface area contributed by atoms with Crippen LogP contribution in [0.15, 0.2) is 36.4 Å². The number of imide groups is 1. The van der Waals surface area contributed by atoms with E-state index in [0.29, 0.717) is 26.9 Å². The second-order valence-electron chi connectivity index (χ2n) is 8.71. The third-order valence-electron chi connectivity index (χ3n) is 6.72. The topological polar surface area (TPSA) is 122 Å². The van der Waals surface area contributed by atoms with Crippen LogP contribution in [0.3, 0.4) is 0 Å². The monoisotopic (exact) mass is 486 g/mol. The maximum absolute atomic E-state index is 13.7. The highest BCUT2D eigenvalue weighted by molar-refractivity contribution is 6.35. The van der Waals surface area contributed by atoms with Crippen LogP contribution in [0.25, 0.3) is 0 Å². The predicted octanol–water partition coefficient (Wildman–Crippen LogP) is 2.10. The molecular weight excluding hydrogens is 467 g/mol. The Morgan fingerprint density at radius 2 is 1.85 bits per heavy atom. The quantitative estimate of drug-likeness (QED) is 0.571. The molecule has 0 aromatic heterocycles. The van der Waals surface area contributed by atoms with E-state index < -0.39 is 47.0 Å². The molecule has 2 aromatic rings. The van der Waals surface area contributed by atoms with Gasteiger partial charge in [0.25, 0.3) is 0 Å². The molecule has 3 aliphatic heterocycles. The molecular formula is C23H20Cl2N4O4. The van der Waals surface area contributed by atoms with Crippen molar-refractivity contribution in [1.82, 2.24) is 10.2 Å². The van der Waals surface area contributed by atoms with Crippen molar-refractivity contribution in [3.63, 3.8) is 0 Å². The Morgan fingerprint density at radius 1 is 1.12 bits per heavy atom. The first-order valence-electron chi connectivity index (χ1n) is 10.4. The molecule has 3 aliphatic rings. The first kappa shape index (κ1) is 21.9. The van der Waals surface area contributed by atoms with Crippen LogP contribution in [-0.4, -0.2) is 34.6 Å². The molecule has 4 N–H and O–H groups in total. The van der Waals surface area contributed by atoms with Gasteiger partial charge in [-0.1, -0.05) is 47.5 Å². The fraction of sp³-hybridized carbons (Fsp3) is 0.304. The molecule has 0 aliphatic carbocycles. The van der Waals surface area contributed by atoms with Crippen LogP contribution in [0.5, 0.6) is 0 Å². The normalized spacial score (nSPS) is 27.8. The van der Waals surface area contributed by atoms with Crippen molar-refractivity contribution in [2.24, 2.45) is 17.6 Å². The molecule has 1 spiro atoms. The van der Waals surface area contributed by atoms with Gasteiger partial charge in [-0.2, -0.15) is 0 Å². The van der Waals surface area contributed by atoms with Crippen LogP contribution in [-0.2, 0) is 31.3 Å². The van der Waals surface area contributed by atoms with Gasteiger partial charge in [0, 0.05) is 23.0 Å². The number of halogens is 2. The van der Waals surface area contributed by atoms with E-state index in [1.54, 1.807) is 36.4 Å². The second kappa shape index (κ2) is 7.55. The number of benzene rings is 2. The van der Waals surface area contributed by atoms with Crippen LogP contribution >= 0.6 is 23.2 Å². The summed E-state index contributed by atoms with van der Waals surface area (Å²) in [4.78, 5) is 53.6. The summed E-state index contributed by atoms with van der Waals surface area (Å²) >= 11 is 12.7. The second-order valence-corrected chi connectivity index (χ2v) is 9.52. The summed E-state index contributed by atoms with van der Waals surface area (Å²) in [5.41, 5.74) is 6.17. The number of anilines is 1. The van der Waals surface area contributed by atoms with E-state index in [-0.39, 0.29) is 13.0 Å². The lowest BCUT2D eigenvalue weighted by Crippen LogP contribution is -2.53. The van der Waals surface area contributed by atoms with Gasteiger partial charge >= 0.3 is 0 Å². The van der Waals surface area contributed by atoms with Gasteiger partial charge in [0.05, 0.1) is 29.1 Å². The summed E-state index contributed by atoms with van der Waals surface area (Å²) in [6.07, 6.45) is -0.204. The molecule has 0 unspecified atom stereocenters. The molecule has 2 fully saturated rings. The number of carbonyl (C=O) groups is 4. The van der Waals surface area contributed by atoms with Gasteiger partial charge in [-0.3, -0.25) is 29.4 Å². The number of nitrogens with zero attached hydrogens (tertiary/aromatic N) is 1. The maximum atomic E-state index is 13.7. The zero-order valence-electron chi connectivity index (χ0n) is 17.5. The fourth-order valence-electron chi connectivity index (χ4n) is 5.40. The summed E-state index contributed by atoms with van der Waals surface area (Å²) in [6.45, 7) is 1.79. The number of likely N-dealkylation sites (tertiary alicyclic amines) is 1. The Balaban J connectivity index is 1.64. The molecule has 4 atom stereocenters. The Kier molecular flexibility index (Phi) is 5.00. The molecule has 8 nitrogen and oxygen atoms in total. The maximum Gasteiger partial charge on any atom is 0.250 e. The van der Waals surface area contributed by atoms with Crippen LogP contribution in [0.1, 0.15) is 23.1 Å². The van der Waals surface area contributed by atoms with E-state index in [0.717, 1.165) is 10.5 Å². The number of rotatable bonds is 4. The number of primary amides is 1. The highest BCUT2D eigenvalue weighted by Crippen LogP contribution is 2.55. The number of aryl methyl sites for hydroxylation is 1. The van der Waals surface area contributed by atoms with Crippen LogP contribution in [0.2, 0.25) is 10.0 Å². The summed E-state index contributed by atoms with van der Waals surface area (Å²) in [5.74, 6) is -4.12. The van der Waals surface area contributed by atoms with Crippen molar-refractivity contribution in [2.75, 3.05) is 5.32 Å². The predicted molar refractivity (Wildman–Crippen MR) is 121 cm³/mol. The van der Waals surface area contributed by atoms with E-state index in [1.807, 2.05) is 6.92 Å². The lowest BCUT2D eigenvalue weighted by molar-refractivity contribution is -0.143. The third-order valence-corrected chi connectivity index (χ3v) is 7.39. The average Bonchev–Trinajstić information content (AvgIpc) is 3.30. The Morgan fingerprint density at radius 3 is 2.55 bits per heavy atom. The fourth-order valence-corrected chi connectivity index (χ4v) is 5.91. The van der Waals surface area contributed by atoms with Gasteiger partial charge in [-0.25, -0.2) is 0 Å². The average molecular weight is 487 g/mol. The summed E-state index contributed by atoms with van der Waals surface area (Å²) in [7, 11) is 0. The number of nitrogens with two attached hydrogens (primary N) is 1. The van der Waals surface area contributed by atoms with Gasteiger partial charge in [-0.05, 0) is 30.2 Å². The SMILES string of the molecule is Cc1cc(Cl)c2c(c1)[C@@]1(N[C@@H](CC(N)=O)[C@H]3C(=O)N(Cc4ccccc4Cl)C(=O)[C@H]31)C(=O)N2. The number of carbonyl (C=O) groups excluding carboxylic acids is 4. The molecule has 10 heteroatoms. The van der Waals surface area contributed by atoms with Crippen molar-refractivity contribution in [2.45, 2.75) is 31.5 Å². The van der Waals surface area contributed by atoms with Crippen LogP contribution < -0.4 is 16.4 Å². The van der Waals surface area contributed by atoms with Gasteiger partial charge in [0.1, 0.15) is 5.54 Å². The van der Waals surface area contributed by atoms with Crippen LogP contribution in [0, 0.1) is 18.8 Å². The minimum atomic E-state index is -1.54. The molecule has 3 heterocycles. The first-order chi connectivity index (χ1) is 15.6. The molecule has 33 heavy (non-hydrogen) atoms. The van der Waals surface area contributed by atoms with Crippen molar-refractivity contribution < 1.29 is 19.2 Å². The molecule has 5 rings (SSSR count). The van der Waals surface area contributed by atoms with E-state index in [9.17, 15) is 19.2 Å². The Labute approximate surface area is 199 Å². The Hall–Kier alpha value is -2.94. The number of amides is 4.